The second-order valence-electron chi connectivity index (χ2n) is 10.3. The van der Waals surface area contributed by atoms with Gasteiger partial charge in [-0.05, 0) is 86.3 Å². The van der Waals surface area contributed by atoms with Crippen molar-refractivity contribution in [2.45, 2.75) is 52.1 Å². The number of hydrogen-bond acceptors (Lipinski definition) is 3. The van der Waals surface area contributed by atoms with E-state index in [2.05, 4.69) is 0 Å². The highest BCUT2D eigenvalue weighted by Gasteiger charge is 2.32. The van der Waals surface area contributed by atoms with E-state index in [1.807, 2.05) is 0 Å². The van der Waals surface area contributed by atoms with Crippen molar-refractivity contribution in [2.24, 2.45) is 0 Å². The number of rotatable bonds is 6. The molecule has 0 aliphatic heterocycles. The normalized spacial score (nSPS) is 13.0. The topological polar surface area (TPSA) is 68.5 Å². The van der Waals surface area contributed by atoms with Crippen LogP contribution in [0.1, 0.15) is 49.1 Å². The van der Waals surface area contributed by atoms with Gasteiger partial charge in [0, 0.05) is 22.0 Å². The van der Waals surface area contributed by atoms with Crippen LogP contribution >= 0.6 is 11.6 Å². The first-order valence-corrected chi connectivity index (χ1v) is 12.5. The number of ether oxygens (including phenoxy) is 1. The van der Waals surface area contributed by atoms with Crippen molar-refractivity contribution in [3.63, 3.8) is 0 Å². The molecule has 0 spiro atoms. The molecule has 0 radical (unpaired) electrons. The van der Waals surface area contributed by atoms with E-state index in [0.717, 1.165) is 12.1 Å². The van der Waals surface area contributed by atoms with Crippen LogP contribution in [0.2, 0.25) is 5.02 Å². The van der Waals surface area contributed by atoms with Gasteiger partial charge in [-0.1, -0.05) is 35.9 Å². The molecule has 1 unspecified atom stereocenters. The highest BCUT2D eigenvalue weighted by molar-refractivity contribution is 6.30. The van der Waals surface area contributed by atoms with E-state index in [4.69, 9.17) is 16.3 Å². The zero-order chi connectivity index (χ0) is 28.7. The van der Waals surface area contributed by atoms with Gasteiger partial charge < -0.3 is 14.4 Å². The largest absolute Gasteiger partial charge is 0.479 e. The molecule has 3 aromatic carbocycles. The molecule has 204 valence electrons. The molecule has 1 atom stereocenters. The Kier molecular flexibility index (Phi) is 7.65. The molecule has 0 fully saturated rings. The van der Waals surface area contributed by atoms with Crippen LogP contribution in [-0.2, 0) is 22.3 Å². The van der Waals surface area contributed by atoms with Gasteiger partial charge in [0.2, 0.25) is 0 Å². The summed E-state index contributed by atoms with van der Waals surface area (Å²) < 4.78 is 47.4. The lowest BCUT2D eigenvalue weighted by atomic mass is 9.88. The van der Waals surface area contributed by atoms with Crippen molar-refractivity contribution in [3.8, 4) is 11.1 Å². The standard InChI is InChI=1S/C30H27ClF3NO4/c1-17-14-23-22(12-13-24(36)35(23)16-18-6-5-7-20(15-18)30(32,33)34)26(19-8-10-21(31)11-9-19)25(17)27(28(37)38)39-29(2,3)4/h5-15,27H,16H2,1-4H3,(H,37,38). The minimum atomic E-state index is -4.52. The van der Waals surface area contributed by atoms with Gasteiger partial charge in [-0.15, -0.1) is 0 Å². The number of benzene rings is 3. The van der Waals surface area contributed by atoms with Crippen molar-refractivity contribution in [3.05, 3.63) is 104 Å². The number of carboxylic acid groups (broad SMARTS) is 1. The van der Waals surface area contributed by atoms with Gasteiger partial charge in [0.1, 0.15) is 0 Å². The smallest absolute Gasteiger partial charge is 0.416 e. The molecule has 0 aliphatic rings. The van der Waals surface area contributed by atoms with Crippen molar-refractivity contribution in [2.75, 3.05) is 0 Å². The lowest BCUT2D eigenvalue weighted by molar-refractivity contribution is -0.160. The summed E-state index contributed by atoms with van der Waals surface area (Å²) in [6.07, 6.45) is -5.85. The molecule has 4 rings (SSSR count). The van der Waals surface area contributed by atoms with E-state index in [1.165, 1.54) is 22.8 Å². The van der Waals surface area contributed by atoms with Crippen molar-refractivity contribution < 1.29 is 27.8 Å². The second-order valence-corrected chi connectivity index (χ2v) is 10.8. The molecule has 5 nitrogen and oxygen atoms in total. The summed E-state index contributed by atoms with van der Waals surface area (Å²) in [7, 11) is 0. The first kappa shape index (κ1) is 28.4. The van der Waals surface area contributed by atoms with Gasteiger partial charge in [-0.3, -0.25) is 4.79 Å². The number of aromatic nitrogens is 1. The monoisotopic (exact) mass is 557 g/mol. The zero-order valence-electron chi connectivity index (χ0n) is 21.8. The third-order valence-corrected chi connectivity index (χ3v) is 6.48. The molecule has 1 heterocycles. The van der Waals surface area contributed by atoms with E-state index in [1.54, 1.807) is 64.1 Å². The number of carboxylic acids is 1. The van der Waals surface area contributed by atoms with Gasteiger partial charge in [0.15, 0.2) is 6.10 Å². The van der Waals surface area contributed by atoms with Gasteiger partial charge in [0.25, 0.3) is 5.56 Å². The van der Waals surface area contributed by atoms with Crippen LogP contribution < -0.4 is 5.56 Å². The Morgan fingerprint density at radius 2 is 1.69 bits per heavy atom. The van der Waals surface area contributed by atoms with Crippen LogP contribution in [0, 0.1) is 6.92 Å². The number of pyridine rings is 1. The van der Waals surface area contributed by atoms with Gasteiger partial charge in [-0.25, -0.2) is 4.79 Å². The summed E-state index contributed by atoms with van der Waals surface area (Å²) >= 11 is 6.13. The molecule has 0 bridgehead atoms. The molecule has 1 aromatic heterocycles. The number of aliphatic carboxylic acids is 1. The lowest BCUT2D eigenvalue weighted by Gasteiger charge is -2.29. The molecule has 9 heteroatoms. The summed E-state index contributed by atoms with van der Waals surface area (Å²) in [5, 5.41) is 11.2. The molecule has 0 saturated heterocycles. The Hall–Kier alpha value is -3.62. The Morgan fingerprint density at radius 3 is 2.28 bits per heavy atom. The van der Waals surface area contributed by atoms with Gasteiger partial charge >= 0.3 is 12.1 Å². The van der Waals surface area contributed by atoms with Crippen molar-refractivity contribution in [1.82, 2.24) is 4.57 Å². The number of fused-ring (bicyclic) bond motifs is 1. The van der Waals surface area contributed by atoms with E-state index in [9.17, 15) is 27.9 Å². The third kappa shape index (κ3) is 6.18. The minimum absolute atomic E-state index is 0.111. The molecular weight excluding hydrogens is 531 g/mol. The highest BCUT2D eigenvalue weighted by atomic mass is 35.5. The molecule has 0 saturated carbocycles. The molecule has 0 aliphatic carbocycles. The van der Waals surface area contributed by atoms with Crippen molar-refractivity contribution >= 4 is 28.5 Å². The first-order chi connectivity index (χ1) is 18.2. The third-order valence-electron chi connectivity index (χ3n) is 6.23. The van der Waals surface area contributed by atoms with E-state index in [-0.39, 0.29) is 6.54 Å². The summed E-state index contributed by atoms with van der Waals surface area (Å²) in [5.41, 5.74) is 0.896. The second kappa shape index (κ2) is 10.5. The summed E-state index contributed by atoms with van der Waals surface area (Å²) in [6.45, 7) is 6.89. The number of carbonyl (C=O) groups is 1. The summed E-state index contributed by atoms with van der Waals surface area (Å²) in [5.74, 6) is -1.18. The molecule has 39 heavy (non-hydrogen) atoms. The predicted molar refractivity (Wildman–Crippen MR) is 145 cm³/mol. The average Bonchev–Trinajstić information content (AvgIpc) is 2.83. The van der Waals surface area contributed by atoms with Crippen molar-refractivity contribution in [1.29, 1.82) is 0 Å². The Bertz CT molecular complexity index is 1600. The van der Waals surface area contributed by atoms with Crippen LogP contribution in [0.15, 0.2) is 71.5 Å². The molecule has 4 aromatic rings. The van der Waals surface area contributed by atoms with E-state index >= 15 is 0 Å². The molecule has 1 N–H and O–H groups in total. The number of hydrogen-bond donors (Lipinski definition) is 1. The van der Waals surface area contributed by atoms with Gasteiger partial charge in [-0.2, -0.15) is 13.2 Å². The maximum absolute atomic E-state index is 13.3. The lowest BCUT2D eigenvalue weighted by Crippen LogP contribution is -2.28. The Morgan fingerprint density at radius 1 is 1.03 bits per heavy atom. The average molecular weight is 558 g/mol. The fourth-order valence-electron chi connectivity index (χ4n) is 4.63. The summed E-state index contributed by atoms with van der Waals surface area (Å²) in [4.78, 5) is 25.5. The Balaban J connectivity index is 2.03. The van der Waals surface area contributed by atoms with Crippen LogP contribution in [-0.4, -0.2) is 21.2 Å². The highest BCUT2D eigenvalue weighted by Crippen LogP contribution is 2.40. The zero-order valence-corrected chi connectivity index (χ0v) is 22.5. The maximum Gasteiger partial charge on any atom is 0.416 e. The fourth-order valence-corrected chi connectivity index (χ4v) is 4.76. The Labute approximate surface area is 228 Å². The quantitative estimate of drug-likeness (QED) is 0.264. The minimum Gasteiger partial charge on any atom is -0.479 e. The van der Waals surface area contributed by atoms with Crippen LogP contribution in [0.4, 0.5) is 13.2 Å². The predicted octanol–water partition coefficient (Wildman–Crippen LogP) is 7.64. The number of aryl methyl sites for hydroxylation is 1. The van der Waals surface area contributed by atoms with E-state index in [0.29, 0.717) is 43.7 Å². The maximum atomic E-state index is 13.3. The van der Waals surface area contributed by atoms with Crippen LogP contribution in [0.3, 0.4) is 0 Å². The van der Waals surface area contributed by atoms with Gasteiger partial charge in [0.05, 0.1) is 23.2 Å². The fraction of sp³-hybridized carbons (Fsp3) is 0.267. The first-order valence-electron chi connectivity index (χ1n) is 12.2. The number of alkyl halides is 3. The van der Waals surface area contributed by atoms with Crippen LogP contribution in [0.25, 0.3) is 22.0 Å². The number of nitrogens with zero attached hydrogens (tertiary/aromatic N) is 1. The SMILES string of the molecule is Cc1cc2c(ccc(=O)n2Cc2cccc(C(F)(F)F)c2)c(-c2ccc(Cl)cc2)c1C(OC(C)(C)C)C(=O)O. The molecule has 0 amide bonds. The summed E-state index contributed by atoms with van der Waals surface area (Å²) in [6, 6.07) is 16.3. The van der Waals surface area contributed by atoms with Crippen LogP contribution in [0.5, 0.6) is 0 Å². The number of halogens is 4. The molecular formula is C30H27ClF3NO4. The van der Waals surface area contributed by atoms with E-state index < -0.39 is 35.0 Å².